The molecule has 31 heavy (non-hydrogen) atoms. The summed E-state index contributed by atoms with van der Waals surface area (Å²) in [6, 6.07) is 0. The molecule has 6 heteroatoms. The molecule has 3 rings (SSSR count). The maximum Gasteiger partial charge on any atom is 0.333 e. The largest absolute Gasteiger partial charge is 0.460 e. The molecule has 0 aromatic carbocycles. The van der Waals surface area contributed by atoms with Gasteiger partial charge in [-0.1, -0.05) is 32.6 Å². The zero-order valence-electron chi connectivity index (χ0n) is 19.4. The molecule has 0 radical (unpaired) electrons. The lowest BCUT2D eigenvalue weighted by molar-refractivity contribution is -0.172. The van der Waals surface area contributed by atoms with Gasteiger partial charge in [-0.3, -0.25) is 4.79 Å². The van der Waals surface area contributed by atoms with Crippen LogP contribution in [-0.2, 0) is 28.6 Å². The van der Waals surface area contributed by atoms with Crippen LogP contribution in [0.5, 0.6) is 0 Å². The average molecular weight is 431 g/mol. The Kier molecular flexibility index (Phi) is 6.23. The average Bonchev–Trinajstić information content (AvgIpc) is 3.18. The molecule has 1 spiro atoms. The normalized spacial score (nSPS) is 38.1. The molecule has 0 amide bonds. The molecule has 3 aliphatic rings. The van der Waals surface area contributed by atoms with Gasteiger partial charge in [0.1, 0.15) is 24.2 Å². The molecule has 170 valence electrons. The molecule has 0 aromatic rings. The van der Waals surface area contributed by atoms with Crippen LogP contribution in [0.2, 0.25) is 0 Å². The van der Waals surface area contributed by atoms with Crippen molar-refractivity contribution < 1.29 is 28.6 Å². The molecule has 6 atom stereocenters. The number of fused-ring (bicyclic) bond motifs is 1. The number of esters is 3. The lowest BCUT2D eigenvalue weighted by atomic mass is 9.61. The first kappa shape index (κ1) is 23.3. The second kappa shape index (κ2) is 8.29. The lowest BCUT2D eigenvalue weighted by Gasteiger charge is -2.46. The number of rotatable bonds is 4. The van der Waals surface area contributed by atoms with Crippen LogP contribution in [0.3, 0.4) is 0 Å². The van der Waals surface area contributed by atoms with Crippen molar-refractivity contribution in [3.8, 4) is 0 Å². The summed E-state index contributed by atoms with van der Waals surface area (Å²) >= 11 is 0. The predicted octanol–water partition coefficient (Wildman–Crippen LogP) is 4.30. The Morgan fingerprint density at radius 2 is 1.68 bits per heavy atom. The highest BCUT2D eigenvalue weighted by atomic mass is 16.6. The van der Waals surface area contributed by atoms with E-state index in [4.69, 9.17) is 14.2 Å². The predicted molar refractivity (Wildman–Crippen MR) is 116 cm³/mol. The number of ether oxygens (including phenoxy) is 3. The van der Waals surface area contributed by atoms with Gasteiger partial charge in [0.25, 0.3) is 0 Å². The number of carbonyl (C=O) groups excluding carboxylic acids is 3. The summed E-state index contributed by atoms with van der Waals surface area (Å²) in [5, 5.41) is 0. The van der Waals surface area contributed by atoms with Crippen LogP contribution >= 0.6 is 0 Å². The number of cyclic esters (lactones) is 1. The maximum absolute atomic E-state index is 13.1. The third-order valence-electron chi connectivity index (χ3n) is 8.02. The molecule has 1 saturated heterocycles. The van der Waals surface area contributed by atoms with Gasteiger partial charge in [-0.2, -0.15) is 0 Å². The van der Waals surface area contributed by atoms with Crippen molar-refractivity contribution in [1.82, 2.24) is 0 Å². The molecular formula is C25H34O6. The van der Waals surface area contributed by atoms with E-state index in [1.807, 2.05) is 0 Å². The molecule has 0 unspecified atom stereocenters. The third-order valence-corrected chi connectivity index (χ3v) is 8.02. The molecule has 0 N–H and O–H groups in total. The zero-order chi connectivity index (χ0) is 23.1. The van der Waals surface area contributed by atoms with E-state index in [-0.39, 0.29) is 29.8 Å². The number of hydrogen-bond acceptors (Lipinski definition) is 6. The first-order valence-electron chi connectivity index (χ1n) is 11.1. The number of carbonyl (C=O) groups is 3. The van der Waals surface area contributed by atoms with Crippen LogP contribution in [-0.4, -0.2) is 36.7 Å². The van der Waals surface area contributed by atoms with Gasteiger partial charge < -0.3 is 14.2 Å². The summed E-state index contributed by atoms with van der Waals surface area (Å²) in [4.78, 5) is 38.6. The van der Waals surface area contributed by atoms with Gasteiger partial charge in [0, 0.05) is 17.1 Å². The van der Waals surface area contributed by atoms with E-state index in [1.54, 1.807) is 39.8 Å². The van der Waals surface area contributed by atoms with Crippen molar-refractivity contribution in [3.05, 3.63) is 35.5 Å². The molecule has 3 fully saturated rings. The minimum absolute atomic E-state index is 0.120. The molecule has 1 aliphatic heterocycles. The smallest absolute Gasteiger partial charge is 0.333 e. The third kappa shape index (κ3) is 3.54. The monoisotopic (exact) mass is 430 g/mol. The second-order valence-electron chi connectivity index (χ2n) is 9.55. The lowest BCUT2D eigenvalue weighted by Crippen LogP contribution is -2.50. The van der Waals surface area contributed by atoms with Crippen LogP contribution in [0, 0.1) is 22.7 Å². The van der Waals surface area contributed by atoms with Gasteiger partial charge in [0.15, 0.2) is 0 Å². The Morgan fingerprint density at radius 1 is 1.10 bits per heavy atom. The van der Waals surface area contributed by atoms with Crippen LogP contribution in [0.4, 0.5) is 0 Å². The highest BCUT2D eigenvalue weighted by molar-refractivity contribution is 5.90. The molecule has 1 heterocycles. The van der Waals surface area contributed by atoms with Crippen LogP contribution in [0.1, 0.15) is 60.8 Å². The van der Waals surface area contributed by atoms with E-state index >= 15 is 0 Å². The van der Waals surface area contributed by atoms with Gasteiger partial charge >= 0.3 is 17.9 Å². The summed E-state index contributed by atoms with van der Waals surface area (Å²) < 4.78 is 17.4. The molecule has 2 saturated carbocycles. The van der Waals surface area contributed by atoms with E-state index in [0.717, 1.165) is 6.42 Å². The van der Waals surface area contributed by atoms with Gasteiger partial charge in [-0.25, -0.2) is 9.59 Å². The summed E-state index contributed by atoms with van der Waals surface area (Å²) in [5.41, 5.74) is 0.126. The Labute approximate surface area is 184 Å². The summed E-state index contributed by atoms with van der Waals surface area (Å²) in [5.74, 6) is -1.34. The van der Waals surface area contributed by atoms with E-state index in [9.17, 15) is 14.4 Å². The minimum atomic E-state index is -1.11. The highest BCUT2D eigenvalue weighted by Gasteiger charge is 2.72. The van der Waals surface area contributed by atoms with Crippen molar-refractivity contribution >= 4 is 17.9 Å². The van der Waals surface area contributed by atoms with Crippen molar-refractivity contribution in [3.63, 3.8) is 0 Å². The zero-order valence-corrected chi connectivity index (χ0v) is 19.4. The summed E-state index contributed by atoms with van der Waals surface area (Å²) in [7, 11) is 0. The molecule has 2 aliphatic carbocycles. The van der Waals surface area contributed by atoms with Crippen molar-refractivity contribution in [2.45, 2.75) is 73.0 Å². The molecular weight excluding hydrogens is 396 g/mol. The van der Waals surface area contributed by atoms with Crippen LogP contribution in [0.15, 0.2) is 35.5 Å². The van der Waals surface area contributed by atoms with Crippen LogP contribution < -0.4 is 0 Å². The Hall–Kier alpha value is -2.37. The van der Waals surface area contributed by atoms with Crippen LogP contribution in [0.25, 0.3) is 0 Å². The fourth-order valence-electron chi connectivity index (χ4n) is 5.57. The topological polar surface area (TPSA) is 78.9 Å². The second-order valence-corrected chi connectivity index (χ2v) is 9.55. The van der Waals surface area contributed by atoms with E-state index < -0.39 is 29.6 Å². The first-order chi connectivity index (χ1) is 14.5. The van der Waals surface area contributed by atoms with Crippen molar-refractivity contribution in [2.24, 2.45) is 22.7 Å². The first-order valence-corrected chi connectivity index (χ1v) is 11.1. The van der Waals surface area contributed by atoms with Gasteiger partial charge in [-0.15, -0.1) is 0 Å². The van der Waals surface area contributed by atoms with Gasteiger partial charge in [0.2, 0.25) is 0 Å². The van der Waals surface area contributed by atoms with E-state index in [0.29, 0.717) is 29.6 Å². The number of hydrogen-bond donors (Lipinski definition) is 0. The Bertz CT molecular complexity index is 849. The van der Waals surface area contributed by atoms with Gasteiger partial charge in [0.05, 0.1) is 0 Å². The van der Waals surface area contributed by atoms with E-state index in [1.165, 1.54) is 0 Å². The van der Waals surface area contributed by atoms with Crippen molar-refractivity contribution in [1.29, 1.82) is 0 Å². The SMILES string of the molecule is C=C1COC(=O)[C@]12C[C@@]1(C)[C@H]([C@@H](OC(=O)/C(C)=C\C)CC[C@@H]1C)[C@H]2OC(=O)/C(C)=C\C. The van der Waals surface area contributed by atoms with Crippen molar-refractivity contribution in [2.75, 3.05) is 6.61 Å². The minimum Gasteiger partial charge on any atom is -0.460 e. The fraction of sp³-hybridized carbons (Fsp3) is 0.640. The molecule has 6 nitrogen and oxygen atoms in total. The summed E-state index contributed by atoms with van der Waals surface area (Å²) in [6.07, 6.45) is 4.10. The van der Waals surface area contributed by atoms with Gasteiger partial charge in [-0.05, 0) is 63.9 Å². The highest BCUT2D eigenvalue weighted by Crippen LogP contribution is 2.66. The maximum atomic E-state index is 13.1. The van der Waals surface area contributed by atoms with E-state index in [2.05, 4.69) is 20.4 Å². The Morgan fingerprint density at radius 3 is 2.19 bits per heavy atom. The summed E-state index contributed by atoms with van der Waals surface area (Å²) in [6.45, 7) is 15.5. The standard InChI is InChI=1S/C25H34O6/c1-8-14(3)21(26)30-18-11-10-16(5)24(7)13-25(17(6)12-29-23(25)28)20(19(18)24)31-22(27)15(4)9-2/h8-9,16,18-20H,6,10-13H2,1-5,7H3/b14-8-,15-9-/t16-,18-,19+,20+,24+,25+/m0/s1. The molecule has 0 aromatic heterocycles. The number of allylic oxidation sites excluding steroid dienone is 2. The molecule has 0 bridgehead atoms. The Balaban J connectivity index is 2.10. The fourth-order valence-corrected chi connectivity index (χ4v) is 5.57. The quantitative estimate of drug-likeness (QED) is 0.286.